The van der Waals surface area contributed by atoms with Crippen molar-refractivity contribution in [2.75, 3.05) is 24.3 Å². The van der Waals surface area contributed by atoms with Gasteiger partial charge in [-0.25, -0.2) is 4.39 Å². The van der Waals surface area contributed by atoms with E-state index in [4.69, 9.17) is 10.5 Å². The van der Waals surface area contributed by atoms with Crippen LogP contribution in [0.3, 0.4) is 0 Å². The molecule has 218 valence electrons. The highest BCUT2D eigenvalue weighted by Crippen LogP contribution is 2.39. The van der Waals surface area contributed by atoms with Crippen LogP contribution in [-0.4, -0.2) is 52.0 Å². The number of hydrogen-bond donors (Lipinski definition) is 3. The molecule has 4 N–H and O–H groups in total. The molecule has 0 spiro atoms. The van der Waals surface area contributed by atoms with E-state index in [1.165, 1.54) is 6.07 Å². The van der Waals surface area contributed by atoms with Crippen molar-refractivity contribution >= 4 is 16.5 Å². The molecule has 6 atom stereocenters. The van der Waals surface area contributed by atoms with Crippen LogP contribution in [0.5, 0.6) is 5.75 Å². The third kappa shape index (κ3) is 7.31. The predicted octanol–water partition coefficient (Wildman–Crippen LogP) is 5.01. The highest BCUT2D eigenvalue weighted by atomic mass is 32.2. The second-order valence-electron chi connectivity index (χ2n) is 11.3. The van der Waals surface area contributed by atoms with E-state index in [0.717, 1.165) is 24.3 Å². The van der Waals surface area contributed by atoms with E-state index in [9.17, 15) is 26.9 Å². The molecule has 2 aromatic rings. The Labute approximate surface area is 229 Å². The zero-order valence-corrected chi connectivity index (χ0v) is 23.9. The molecule has 0 radical (unpaired) electrons. The maximum atomic E-state index is 14.6. The summed E-state index contributed by atoms with van der Waals surface area (Å²) in [6.45, 7) is 9.00. The van der Waals surface area contributed by atoms with E-state index in [-0.39, 0.29) is 34.9 Å². The van der Waals surface area contributed by atoms with Crippen LogP contribution in [0.2, 0.25) is 0 Å². The van der Waals surface area contributed by atoms with Gasteiger partial charge in [-0.05, 0) is 47.6 Å². The van der Waals surface area contributed by atoms with Crippen molar-refractivity contribution in [2.24, 2.45) is 5.92 Å². The Morgan fingerprint density at radius 2 is 1.82 bits per heavy atom. The van der Waals surface area contributed by atoms with Gasteiger partial charge in [-0.1, -0.05) is 45.0 Å². The lowest BCUT2D eigenvalue weighted by molar-refractivity contribution is -0.335. The van der Waals surface area contributed by atoms with Gasteiger partial charge in [0.15, 0.2) is 0 Å². The summed E-state index contributed by atoms with van der Waals surface area (Å²) < 4.78 is 77.4. The lowest BCUT2D eigenvalue weighted by Gasteiger charge is -2.37. The first kappa shape index (κ1) is 31.3. The monoisotopic (exact) mass is 574 g/mol. The summed E-state index contributed by atoms with van der Waals surface area (Å²) in [5, 5.41) is 14.6. The zero-order valence-electron chi connectivity index (χ0n) is 23.1. The molecular formula is C28H38F4N2O4S. The number of halogens is 4. The number of aliphatic hydroxyl groups excluding tert-OH is 1. The Balaban J connectivity index is 1.80. The fraction of sp³-hybridized carbons (Fsp3) is 0.571. The third-order valence-electron chi connectivity index (χ3n) is 7.24. The summed E-state index contributed by atoms with van der Waals surface area (Å²) >= 11 is 0. The summed E-state index contributed by atoms with van der Waals surface area (Å²) in [4.78, 5) is 0. The van der Waals surface area contributed by atoms with Crippen molar-refractivity contribution < 1.29 is 36.4 Å². The van der Waals surface area contributed by atoms with E-state index < -0.39 is 58.1 Å². The number of rotatable bonds is 8. The van der Waals surface area contributed by atoms with E-state index in [0.29, 0.717) is 6.92 Å². The quantitative estimate of drug-likeness (QED) is 0.233. The number of alkyl halides is 3. The number of methoxy groups -OCH3 is 1. The van der Waals surface area contributed by atoms with Crippen molar-refractivity contribution in [3.8, 4) is 5.75 Å². The number of benzene rings is 2. The van der Waals surface area contributed by atoms with Crippen LogP contribution >= 0.6 is 0 Å². The van der Waals surface area contributed by atoms with E-state index in [2.05, 4.69) is 43.0 Å². The molecule has 1 aliphatic heterocycles. The predicted molar refractivity (Wildman–Crippen MR) is 144 cm³/mol. The number of nitrogen functional groups attached to an aromatic ring is 1. The molecule has 39 heavy (non-hydrogen) atoms. The largest absolute Gasteiger partial charge is 0.455 e. The number of nitrogens with two attached hydrogens (primary N) is 1. The Hall–Kier alpha value is -2.21. The molecule has 1 saturated heterocycles. The van der Waals surface area contributed by atoms with Gasteiger partial charge in [0, 0.05) is 54.3 Å². The number of nitrogens with one attached hydrogen (secondary N) is 1. The second kappa shape index (κ2) is 11.7. The highest BCUT2D eigenvalue weighted by Gasteiger charge is 2.55. The van der Waals surface area contributed by atoms with Crippen molar-refractivity contribution in [1.82, 2.24) is 5.32 Å². The molecule has 0 bridgehead atoms. The fourth-order valence-electron chi connectivity index (χ4n) is 4.63. The van der Waals surface area contributed by atoms with Gasteiger partial charge in [0.05, 0.1) is 6.10 Å². The van der Waals surface area contributed by atoms with Gasteiger partial charge in [-0.2, -0.15) is 13.2 Å². The number of ether oxygens (including phenoxy) is 2. The molecule has 0 unspecified atom stereocenters. The molecule has 0 aliphatic carbocycles. The molecule has 1 aliphatic rings. The van der Waals surface area contributed by atoms with Crippen molar-refractivity contribution in [3.05, 3.63) is 58.9 Å². The van der Waals surface area contributed by atoms with Gasteiger partial charge in [0.1, 0.15) is 17.3 Å². The van der Waals surface area contributed by atoms with Crippen LogP contribution in [0.1, 0.15) is 57.4 Å². The summed E-state index contributed by atoms with van der Waals surface area (Å²) in [5.74, 6) is -4.68. The van der Waals surface area contributed by atoms with Crippen LogP contribution in [0, 0.1) is 11.7 Å². The molecule has 0 amide bonds. The maximum Gasteiger partial charge on any atom is 0.455 e. The van der Waals surface area contributed by atoms with Crippen molar-refractivity contribution in [1.29, 1.82) is 0 Å². The second-order valence-corrected chi connectivity index (χ2v) is 12.9. The maximum absolute atomic E-state index is 14.6. The first-order chi connectivity index (χ1) is 17.9. The minimum Gasteiger partial charge on any atom is -0.451 e. The molecule has 3 rings (SSSR count). The molecule has 2 aromatic carbocycles. The van der Waals surface area contributed by atoms with Crippen LogP contribution in [0.15, 0.2) is 36.4 Å². The van der Waals surface area contributed by atoms with Gasteiger partial charge >= 0.3 is 12.0 Å². The molecule has 1 fully saturated rings. The van der Waals surface area contributed by atoms with Crippen LogP contribution in [-0.2, 0) is 27.4 Å². The summed E-state index contributed by atoms with van der Waals surface area (Å²) in [5.41, 5.74) is 7.49. The normalized spacial score (nSPS) is 24.7. The Morgan fingerprint density at radius 1 is 1.15 bits per heavy atom. The molecular weight excluding hydrogens is 536 g/mol. The highest BCUT2D eigenvalue weighted by molar-refractivity contribution is 7.85. The zero-order chi connectivity index (χ0) is 29.3. The average Bonchev–Trinajstić information content (AvgIpc) is 2.83. The molecule has 1 heterocycles. The Morgan fingerprint density at radius 3 is 2.41 bits per heavy atom. The van der Waals surface area contributed by atoms with Gasteiger partial charge in [-0.15, -0.1) is 0 Å². The van der Waals surface area contributed by atoms with Crippen molar-refractivity contribution in [2.45, 2.75) is 76.6 Å². The lowest BCUT2D eigenvalue weighted by atomic mass is 9.85. The van der Waals surface area contributed by atoms with Crippen LogP contribution in [0.4, 0.5) is 23.2 Å². The topological polar surface area (TPSA) is 93.8 Å². The Bertz CT molecular complexity index is 1190. The van der Waals surface area contributed by atoms with Gasteiger partial charge in [0.25, 0.3) is 0 Å². The van der Waals surface area contributed by atoms with E-state index in [1.807, 2.05) is 19.1 Å². The van der Waals surface area contributed by atoms with Crippen molar-refractivity contribution in [3.63, 3.8) is 0 Å². The SMILES string of the molecule is CO[C@](C)(Oc1cc(C[C@@H]2C[S@@](=O)C[C@H](N[C@H](C)c3cccc(C(C)(C)C)c3)[C@H]2O)cc(F)c1N)C(F)(F)F. The first-order valence-corrected chi connectivity index (χ1v) is 14.2. The first-order valence-electron chi connectivity index (χ1n) is 12.7. The average molecular weight is 575 g/mol. The molecule has 11 heteroatoms. The van der Waals surface area contributed by atoms with Gasteiger partial charge in [0.2, 0.25) is 0 Å². The molecule has 0 aromatic heterocycles. The van der Waals surface area contributed by atoms with Gasteiger partial charge in [-0.3, -0.25) is 4.21 Å². The number of aliphatic hydroxyl groups is 1. The standard InChI is InChI=1S/C28H38F4N2O4S/c1-16(18-8-7-9-20(13-18)26(2,3)4)34-22-15-39(36)14-19(25(22)35)10-17-11-21(29)24(33)23(12-17)38-27(5,37-6)28(30,31)32/h7-9,11-13,16,19,22,25,34-35H,10,14-15,33H2,1-6H3/t16-,19-,22+,25+,27-,39-/m1/s1. The van der Waals surface area contributed by atoms with Crippen LogP contribution < -0.4 is 15.8 Å². The minimum atomic E-state index is -4.92. The summed E-state index contributed by atoms with van der Waals surface area (Å²) in [6.07, 6.45) is -5.79. The Kier molecular flexibility index (Phi) is 9.41. The number of anilines is 1. The van der Waals surface area contributed by atoms with E-state index >= 15 is 0 Å². The van der Waals surface area contributed by atoms with Gasteiger partial charge < -0.3 is 25.6 Å². The van der Waals surface area contributed by atoms with Crippen LogP contribution in [0.25, 0.3) is 0 Å². The lowest BCUT2D eigenvalue weighted by Crippen LogP contribution is -2.53. The summed E-state index contributed by atoms with van der Waals surface area (Å²) in [6, 6.07) is 9.78. The number of hydrogen-bond acceptors (Lipinski definition) is 6. The molecule has 0 saturated carbocycles. The smallest absolute Gasteiger partial charge is 0.451 e. The summed E-state index contributed by atoms with van der Waals surface area (Å²) in [7, 11) is -0.447. The van der Waals surface area contributed by atoms with E-state index in [1.54, 1.807) is 0 Å². The minimum absolute atomic E-state index is 0.0373. The third-order valence-corrected chi connectivity index (χ3v) is 8.77. The molecule has 6 nitrogen and oxygen atoms in total. The fourth-order valence-corrected chi connectivity index (χ4v) is 6.25.